The summed E-state index contributed by atoms with van der Waals surface area (Å²) in [6.07, 6.45) is 10.3. The van der Waals surface area contributed by atoms with Crippen LogP contribution in [0.3, 0.4) is 0 Å². The number of nitrogens with one attached hydrogen (secondary N) is 1. The normalized spacial score (nSPS) is 16.2. The summed E-state index contributed by atoms with van der Waals surface area (Å²) in [5.74, 6) is 0. The zero-order valence-corrected chi connectivity index (χ0v) is 10.2. The van der Waals surface area contributed by atoms with Gasteiger partial charge in [-0.05, 0) is 44.3 Å². The third kappa shape index (κ3) is 2.62. The molecule has 1 heterocycles. The Morgan fingerprint density at radius 2 is 2.31 bits per heavy atom. The minimum absolute atomic E-state index is 0.0478. The van der Waals surface area contributed by atoms with Crippen LogP contribution < -0.4 is 0 Å². The number of hydrogen-bond acceptors (Lipinski definition) is 2. The van der Waals surface area contributed by atoms with E-state index in [0.29, 0.717) is 4.77 Å². The van der Waals surface area contributed by atoms with Gasteiger partial charge in [-0.15, -0.1) is 0 Å². The summed E-state index contributed by atoms with van der Waals surface area (Å²) < 4.78 is 2.70. The molecule has 1 aliphatic carbocycles. The molecule has 0 atom stereocenters. The van der Waals surface area contributed by atoms with E-state index in [-0.39, 0.29) is 6.61 Å². The minimum atomic E-state index is 0.0478. The molecule has 0 fully saturated rings. The molecule has 0 bridgehead atoms. The van der Waals surface area contributed by atoms with E-state index in [0.717, 1.165) is 18.7 Å². The second kappa shape index (κ2) is 5.46. The maximum absolute atomic E-state index is 9.17. The number of imidazole rings is 1. The number of aliphatic hydroxyl groups is 1. The van der Waals surface area contributed by atoms with Crippen LogP contribution in [0.2, 0.25) is 0 Å². The fraction of sp³-hybridized carbons (Fsp3) is 0.583. The monoisotopic (exact) mass is 238 g/mol. The maximum atomic E-state index is 9.17. The fourth-order valence-corrected chi connectivity index (χ4v) is 2.46. The Labute approximate surface area is 101 Å². The van der Waals surface area contributed by atoms with Crippen LogP contribution in [0.1, 0.15) is 37.8 Å². The van der Waals surface area contributed by atoms with Crippen LogP contribution in [0.25, 0.3) is 0 Å². The lowest BCUT2D eigenvalue weighted by atomic mass is 9.97. The zero-order chi connectivity index (χ0) is 11.4. The molecule has 16 heavy (non-hydrogen) atoms. The summed E-state index contributed by atoms with van der Waals surface area (Å²) in [5, 5.41) is 9.17. The van der Waals surface area contributed by atoms with Gasteiger partial charge in [0.05, 0.1) is 12.3 Å². The third-order valence-corrected chi connectivity index (χ3v) is 3.50. The summed E-state index contributed by atoms with van der Waals surface area (Å²) in [4.78, 5) is 2.97. The molecule has 0 saturated carbocycles. The molecule has 1 aromatic rings. The Bertz CT molecular complexity index is 430. The highest BCUT2D eigenvalue weighted by molar-refractivity contribution is 7.71. The van der Waals surface area contributed by atoms with Gasteiger partial charge in [-0.2, -0.15) is 0 Å². The molecule has 0 amide bonds. The van der Waals surface area contributed by atoms with Gasteiger partial charge in [-0.1, -0.05) is 11.6 Å². The summed E-state index contributed by atoms with van der Waals surface area (Å²) in [6.45, 7) is 0.927. The average molecular weight is 238 g/mol. The molecular formula is C12H18N2OS. The highest BCUT2D eigenvalue weighted by Crippen LogP contribution is 2.21. The summed E-state index contributed by atoms with van der Waals surface area (Å²) in [7, 11) is 0. The number of nitrogens with zero attached hydrogens (tertiary/aromatic N) is 1. The van der Waals surface area contributed by atoms with Crippen LogP contribution in [-0.4, -0.2) is 14.7 Å². The van der Waals surface area contributed by atoms with Crippen LogP contribution >= 0.6 is 12.2 Å². The van der Waals surface area contributed by atoms with E-state index < -0.39 is 0 Å². The highest BCUT2D eigenvalue weighted by Gasteiger charge is 2.06. The Morgan fingerprint density at radius 1 is 1.44 bits per heavy atom. The molecule has 2 N–H and O–H groups in total. The van der Waals surface area contributed by atoms with E-state index >= 15 is 0 Å². The molecule has 1 aliphatic rings. The van der Waals surface area contributed by atoms with Gasteiger partial charge in [0.25, 0.3) is 0 Å². The SMILES string of the molecule is OCc1c[nH]c(=S)n1CCC1=CCCCC1. The molecule has 0 aromatic carbocycles. The van der Waals surface area contributed by atoms with Crippen molar-refractivity contribution in [2.45, 2.75) is 45.3 Å². The van der Waals surface area contributed by atoms with Gasteiger partial charge in [0.15, 0.2) is 4.77 Å². The quantitative estimate of drug-likeness (QED) is 0.625. The van der Waals surface area contributed by atoms with Gasteiger partial charge in [-0.25, -0.2) is 0 Å². The third-order valence-electron chi connectivity index (χ3n) is 3.16. The van der Waals surface area contributed by atoms with Crippen molar-refractivity contribution in [1.82, 2.24) is 9.55 Å². The Kier molecular flexibility index (Phi) is 3.96. The maximum Gasteiger partial charge on any atom is 0.177 e. The molecule has 3 nitrogen and oxygen atoms in total. The first-order valence-corrected chi connectivity index (χ1v) is 6.28. The first-order valence-electron chi connectivity index (χ1n) is 5.87. The number of aromatic amines is 1. The number of aromatic nitrogens is 2. The highest BCUT2D eigenvalue weighted by atomic mass is 32.1. The van der Waals surface area contributed by atoms with E-state index in [4.69, 9.17) is 17.3 Å². The first-order chi connectivity index (χ1) is 7.81. The van der Waals surface area contributed by atoms with Gasteiger partial charge in [0.2, 0.25) is 0 Å². The van der Waals surface area contributed by atoms with E-state index in [1.54, 1.807) is 11.8 Å². The lowest BCUT2D eigenvalue weighted by Crippen LogP contribution is -2.05. The van der Waals surface area contributed by atoms with Crippen molar-refractivity contribution in [1.29, 1.82) is 0 Å². The molecular weight excluding hydrogens is 220 g/mol. The zero-order valence-electron chi connectivity index (χ0n) is 9.41. The van der Waals surface area contributed by atoms with Gasteiger partial charge in [-0.3, -0.25) is 0 Å². The van der Waals surface area contributed by atoms with Crippen molar-refractivity contribution in [2.24, 2.45) is 0 Å². The Hall–Kier alpha value is -0.870. The minimum Gasteiger partial charge on any atom is -0.390 e. The van der Waals surface area contributed by atoms with E-state index in [9.17, 15) is 0 Å². The van der Waals surface area contributed by atoms with Crippen molar-refractivity contribution in [2.75, 3.05) is 0 Å². The van der Waals surface area contributed by atoms with Crippen LogP contribution in [-0.2, 0) is 13.2 Å². The van der Waals surface area contributed by atoms with Gasteiger partial charge in [0.1, 0.15) is 0 Å². The lowest BCUT2D eigenvalue weighted by molar-refractivity contribution is 0.270. The Morgan fingerprint density at radius 3 is 3.00 bits per heavy atom. The first kappa shape index (κ1) is 11.6. The van der Waals surface area contributed by atoms with Crippen LogP contribution in [0.4, 0.5) is 0 Å². The van der Waals surface area contributed by atoms with E-state index in [2.05, 4.69) is 11.1 Å². The molecule has 0 radical (unpaired) electrons. The number of aliphatic hydroxyl groups excluding tert-OH is 1. The topological polar surface area (TPSA) is 40.9 Å². The molecule has 1 aromatic heterocycles. The largest absolute Gasteiger partial charge is 0.390 e. The standard InChI is InChI=1S/C12H18N2OS/c15-9-11-8-13-12(16)14(11)7-6-10-4-2-1-3-5-10/h4,8,15H,1-3,5-7,9H2,(H,13,16). The smallest absolute Gasteiger partial charge is 0.177 e. The van der Waals surface area contributed by atoms with Gasteiger partial charge >= 0.3 is 0 Å². The number of allylic oxidation sites excluding steroid dienone is 2. The lowest BCUT2D eigenvalue weighted by Gasteiger charge is -2.13. The summed E-state index contributed by atoms with van der Waals surface area (Å²) >= 11 is 5.18. The van der Waals surface area contributed by atoms with Crippen molar-refractivity contribution in [3.8, 4) is 0 Å². The van der Waals surface area contributed by atoms with Crippen molar-refractivity contribution < 1.29 is 5.11 Å². The van der Waals surface area contributed by atoms with Crippen LogP contribution in [0.15, 0.2) is 17.8 Å². The van der Waals surface area contributed by atoms with E-state index in [1.807, 2.05) is 4.57 Å². The average Bonchev–Trinajstić information content (AvgIpc) is 2.69. The number of rotatable bonds is 4. The molecule has 0 unspecified atom stereocenters. The molecule has 0 aliphatic heterocycles. The Balaban J connectivity index is 2.01. The molecule has 4 heteroatoms. The number of H-pyrrole nitrogens is 1. The van der Waals surface area contributed by atoms with Crippen molar-refractivity contribution >= 4 is 12.2 Å². The second-order valence-electron chi connectivity index (χ2n) is 4.25. The number of hydrogen-bond donors (Lipinski definition) is 2. The summed E-state index contributed by atoms with van der Waals surface area (Å²) in [6, 6.07) is 0. The summed E-state index contributed by atoms with van der Waals surface area (Å²) in [5.41, 5.74) is 2.42. The van der Waals surface area contributed by atoms with Crippen molar-refractivity contribution in [3.05, 3.63) is 28.3 Å². The predicted octanol–water partition coefficient (Wildman–Crippen LogP) is 2.93. The molecule has 88 valence electrons. The van der Waals surface area contributed by atoms with Gasteiger partial charge < -0.3 is 14.7 Å². The fourth-order valence-electron chi connectivity index (χ4n) is 2.19. The van der Waals surface area contributed by atoms with E-state index in [1.165, 1.54) is 25.7 Å². The van der Waals surface area contributed by atoms with Gasteiger partial charge in [0, 0.05) is 12.7 Å². The predicted molar refractivity (Wildman–Crippen MR) is 66.7 cm³/mol. The van der Waals surface area contributed by atoms with Crippen LogP contribution in [0.5, 0.6) is 0 Å². The molecule has 0 saturated heterocycles. The van der Waals surface area contributed by atoms with Crippen molar-refractivity contribution in [3.63, 3.8) is 0 Å². The second-order valence-corrected chi connectivity index (χ2v) is 4.64. The molecule has 2 rings (SSSR count). The molecule has 0 spiro atoms. The van der Waals surface area contributed by atoms with Crippen LogP contribution in [0, 0.1) is 4.77 Å².